The molecule has 2 unspecified atom stereocenters. The first-order chi connectivity index (χ1) is 6.72. The molecule has 0 radical (unpaired) electrons. The Morgan fingerprint density at radius 2 is 2.00 bits per heavy atom. The van der Waals surface area contributed by atoms with Crippen LogP contribution in [0.5, 0.6) is 0 Å². The van der Waals surface area contributed by atoms with Gasteiger partial charge in [0.2, 0.25) is 0 Å². The summed E-state index contributed by atoms with van der Waals surface area (Å²) >= 11 is 0. The highest BCUT2D eigenvalue weighted by Gasteiger charge is 2.24. The van der Waals surface area contributed by atoms with Crippen LogP contribution in [0.2, 0.25) is 0 Å². The van der Waals surface area contributed by atoms with Gasteiger partial charge in [-0.15, -0.1) is 0 Å². The highest BCUT2D eigenvalue weighted by molar-refractivity contribution is 7.90. The van der Waals surface area contributed by atoms with E-state index in [1.165, 1.54) is 6.26 Å². The zero-order valence-electron chi connectivity index (χ0n) is 10.1. The van der Waals surface area contributed by atoms with Gasteiger partial charge in [0, 0.05) is 24.4 Å². The molecule has 2 N–H and O–H groups in total. The summed E-state index contributed by atoms with van der Waals surface area (Å²) in [6.07, 6.45) is 2.74. The maximum atomic E-state index is 11.1. The van der Waals surface area contributed by atoms with Gasteiger partial charge in [0.05, 0.1) is 5.75 Å². The van der Waals surface area contributed by atoms with E-state index in [1.54, 1.807) is 0 Å². The third kappa shape index (κ3) is 6.87. The Labute approximate surface area is 93.0 Å². The molecule has 0 aliphatic carbocycles. The van der Waals surface area contributed by atoms with E-state index in [9.17, 15) is 8.42 Å². The molecule has 0 aromatic carbocycles. The quantitative estimate of drug-likeness (QED) is 0.679. The van der Waals surface area contributed by atoms with Gasteiger partial charge in [0.1, 0.15) is 9.84 Å². The van der Waals surface area contributed by atoms with Crippen LogP contribution >= 0.6 is 0 Å². The monoisotopic (exact) mass is 237 g/mol. The molecule has 0 aromatic rings. The average molecular weight is 237 g/mol. The smallest absolute Gasteiger partial charge is 0.148 e. The van der Waals surface area contributed by atoms with Crippen LogP contribution in [0.3, 0.4) is 0 Å². The van der Waals surface area contributed by atoms with Crippen molar-refractivity contribution >= 4 is 9.84 Å². The van der Waals surface area contributed by atoms with Crippen LogP contribution in [-0.2, 0) is 9.84 Å². The molecule has 92 valence electrons. The highest BCUT2D eigenvalue weighted by Crippen LogP contribution is 2.15. The molecule has 4 nitrogen and oxygen atoms in total. The van der Waals surface area contributed by atoms with Crippen molar-refractivity contribution in [1.82, 2.24) is 5.32 Å². The van der Waals surface area contributed by atoms with Crippen molar-refractivity contribution in [2.45, 2.75) is 45.2 Å². The average Bonchev–Trinajstić information content (AvgIpc) is 2.00. The van der Waals surface area contributed by atoms with E-state index in [-0.39, 0.29) is 23.9 Å². The van der Waals surface area contributed by atoms with E-state index >= 15 is 0 Å². The second-order valence-corrected chi connectivity index (χ2v) is 6.71. The lowest BCUT2D eigenvalue weighted by molar-refractivity contribution is 0.207. The van der Waals surface area contributed by atoms with Gasteiger partial charge in [-0.05, 0) is 26.7 Å². The second-order valence-electron chi connectivity index (χ2n) is 4.53. The second kappa shape index (κ2) is 5.82. The number of aliphatic hydroxyl groups excluding tert-OH is 1. The van der Waals surface area contributed by atoms with E-state index in [4.69, 9.17) is 5.11 Å². The molecule has 15 heavy (non-hydrogen) atoms. The van der Waals surface area contributed by atoms with E-state index in [2.05, 4.69) is 5.32 Å². The minimum atomic E-state index is -2.94. The van der Waals surface area contributed by atoms with Crippen LogP contribution in [0.15, 0.2) is 0 Å². The Kier molecular flexibility index (Phi) is 5.77. The summed E-state index contributed by atoms with van der Waals surface area (Å²) in [4.78, 5) is 0. The topological polar surface area (TPSA) is 66.4 Å². The van der Waals surface area contributed by atoms with Gasteiger partial charge < -0.3 is 10.4 Å². The minimum Gasteiger partial charge on any atom is -0.396 e. The molecule has 0 amide bonds. The van der Waals surface area contributed by atoms with Crippen molar-refractivity contribution in [1.29, 1.82) is 0 Å². The van der Waals surface area contributed by atoms with Crippen LogP contribution < -0.4 is 5.32 Å². The van der Waals surface area contributed by atoms with Crippen LogP contribution in [-0.4, -0.2) is 43.7 Å². The molecule has 0 rings (SSSR count). The van der Waals surface area contributed by atoms with Crippen LogP contribution in [0.4, 0.5) is 0 Å². The third-order valence-electron chi connectivity index (χ3n) is 2.59. The molecule has 0 saturated heterocycles. The van der Waals surface area contributed by atoms with Gasteiger partial charge in [0.15, 0.2) is 0 Å². The Bertz CT molecular complexity index is 276. The van der Waals surface area contributed by atoms with Gasteiger partial charge in [-0.1, -0.05) is 6.92 Å². The third-order valence-corrected chi connectivity index (χ3v) is 3.70. The summed E-state index contributed by atoms with van der Waals surface area (Å²) in [6, 6.07) is -0.0866. The van der Waals surface area contributed by atoms with Crippen molar-refractivity contribution in [2.75, 3.05) is 18.6 Å². The first-order valence-electron chi connectivity index (χ1n) is 5.28. The summed E-state index contributed by atoms with van der Waals surface area (Å²) in [7, 11) is -2.94. The first-order valence-corrected chi connectivity index (χ1v) is 7.35. The molecule has 0 aliphatic heterocycles. The fraction of sp³-hybridized carbons (Fsp3) is 1.00. The Morgan fingerprint density at radius 1 is 1.47 bits per heavy atom. The van der Waals surface area contributed by atoms with Crippen molar-refractivity contribution < 1.29 is 13.5 Å². The van der Waals surface area contributed by atoms with Crippen molar-refractivity contribution in [3.8, 4) is 0 Å². The number of rotatable bonds is 7. The van der Waals surface area contributed by atoms with Crippen LogP contribution in [0.25, 0.3) is 0 Å². The Hall–Kier alpha value is -0.130. The molecule has 0 spiro atoms. The first kappa shape index (κ1) is 14.9. The van der Waals surface area contributed by atoms with Gasteiger partial charge in [-0.25, -0.2) is 8.42 Å². The number of hydrogen-bond donors (Lipinski definition) is 2. The predicted octanol–water partition coefficient (Wildman–Crippen LogP) is 0.560. The largest absolute Gasteiger partial charge is 0.396 e. The van der Waals surface area contributed by atoms with Gasteiger partial charge in [0.25, 0.3) is 0 Å². The molecule has 0 saturated carbocycles. The van der Waals surface area contributed by atoms with Crippen molar-refractivity contribution in [3.63, 3.8) is 0 Å². The minimum absolute atomic E-state index is 0.0866. The summed E-state index contributed by atoms with van der Waals surface area (Å²) in [5.74, 6) is 0.133. The standard InChI is InChI=1S/C10H23NO3S/c1-5-10(3,6-7-12)11-9(2)8-15(4,13)14/h9,11-12H,5-8H2,1-4H3. The maximum Gasteiger partial charge on any atom is 0.148 e. The molecule has 0 aliphatic rings. The maximum absolute atomic E-state index is 11.1. The lowest BCUT2D eigenvalue weighted by atomic mass is 9.94. The number of hydrogen-bond acceptors (Lipinski definition) is 4. The fourth-order valence-corrected chi connectivity index (χ4v) is 2.68. The Balaban J connectivity index is 4.30. The number of sulfone groups is 1. The zero-order chi connectivity index (χ0) is 12.1. The summed E-state index contributed by atoms with van der Waals surface area (Å²) in [6.45, 7) is 5.99. The number of aliphatic hydroxyl groups is 1. The van der Waals surface area contributed by atoms with Crippen molar-refractivity contribution in [2.24, 2.45) is 0 Å². The molecule has 0 fully saturated rings. The van der Waals surface area contributed by atoms with Crippen molar-refractivity contribution in [3.05, 3.63) is 0 Å². The molecule has 5 heteroatoms. The van der Waals surface area contributed by atoms with Gasteiger partial charge in [-0.2, -0.15) is 0 Å². The molecular formula is C10H23NO3S. The van der Waals surface area contributed by atoms with Gasteiger partial charge in [-0.3, -0.25) is 0 Å². The fourth-order valence-electron chi connectivity index (χ4n) is 1.69. The lowest BCUT2D eigenvalue weighted by Gasteiger charge is -2.32. The van der Waals surface area contributed by atoms with E-state index in [0.29, 0.717) is 6.42 Å². The highest BCUT2D eigenvalue weighted by atomic mass is 32.2. The van der Waals surface area contributed by atoms with E-state index in [1.807, 2.05) is 20.8 Å². The van der Waals surface area contributed by atoms with E-state index in [0.717, 1.165) is 6.42 Å². The molecule has 0 bridgehead atoms. The van der Waals surface area contributed by atoms with Gasteiger partial charge >= 0.3 is 0 Å². The molecule has 2 atom stereocenters. The van der Waals surface area contributed by atoms with E-state index < -0.39 is 9.84 Å². The summed E-state index contributed by atoms with van der Waals surface area (Å²) in [5.41, 5.74) is -0.182. The normalized spacial score (nSPS) is 18.5. The van der Waals surface area contributed by atoms with Crippen LogP contribution in [0, 0.1) is 0 Å². The summed E-state index contributed by atoms with van der Waals surface area (Å²) in [5, 5.41) is 12.2. The summed E-state index contributed by atoms with van der Waals surface area (Å²) < 4.78 is 22.2. The zero-order valence-corrected chi connectivity index (χ0v) is 10.9. The molecule has 0 aromatic heterocycles. The number of nitrogens with one attached hydrogen (secondary N) is 1. The van der Waals surface area contributed by atoms with Crippen LogP contribution in [0.1, 0.15) is 33.6 Å². The molecule has 0 heterocycles. The Morgan fingerprint density at radius 3 is 2.33 bits per heavy atom. The predicted molar refractivity (Wildman–Crippen MR) is 62.7 cm³/mol. The molecular weight excluding hydrogens is 214 g/mol. The lowest BCUT2D eigenvalue weighted by Crippen LogP contribution is -2.49. The SMILES string of the molecule is CCC(C)(CCO)NC(C)CS(C)(=O)=O.